The van der Waals surface area contributed by atoms with Gasteiger partial charge in [-0.05, 0) is 51.9 Å². The number of piperidine rings is 1. The van der Waals surface area contributed by atoms with Crippen LogP contribution in [-0.4, -0.2) is 31.7 Å². The van der Waals surface area contributed by atoms with E-state index in [-0.39, 0.29) is 24.7 Å². The van der Waals surface area contributed by atoms with E-state index in [2.05, 4.69) is 29.7 Å². The number of ether oxygens (including phenoxy) is 1. The average Bonchev–Trinajstić information content (AvgIpc) is 2.84. The molecule has 1 aromatic rings. The molecule has 2 N–H and O–H groups in total. The van der Waals surface area contributed by atoms with Crippen LogP contribution in [0.25, 0.3) is 0 Å². The second-order valence-electron chi connectivity index (χ2n) is 5.00. The van der Waals surface area contributed by atoms with Crippen LogP contribution in [-0.2, 0) is 9.53 Å². The summed E-state index contributed by atoms with van der Waals surface area (Å²) in [7, 11) is 0. The van der Waals surface area contributed by atoms with Gasteiger partial charge in [0.15, 0.2) is 0 Å². The summed E-state index contributed by atoms with van der Waals surface area (Å²) in [5.41, 5.74) is 0. The maximum absolute atomic E-state index is 11.8. The average molecular weight is 282 g/mol. The standard InChI is InChI=1S/C14H22N2O2S/c1-10-3-4-13(19-10)11(2)16-14(17)9-18-12-5-7-15-8-6-12/h3-4,11-12,15H,5-9H2,1-2H3,(H,16,17). The van der Waals surface area contributed by atoms with Crippen molar-refractivity contribution in [2.45, 2.75) is 38.8 Å². The number of rotatable bonds is 5. The predicted octanol–water partition coefficient (Wildman–Crippen LogP) is 2.00. The van der Waals surface area contributed by atoms with Crippen molar-refractivity contribution in [1.29, 1.82) is 0 Å². The normalized spacial score (nSPS) is 18.2. The quantitative estimate of drug-likeness (QED) is 0.868. The zero-order valence-electron chi connectivity index (χ0n) is 11.6. The topological polar surface area (TPSA) is 50.4 Å². The number of carbonyl (C=O) groups is 1. The van der Waals surface area contributed by atoms with Crippen molar-refractivity contribution in [1.82, 2.24) is 10.6 Å². The van der Waals surface area contributed by atoms with E-state index in [1.165, 1.54) is 9.75 Å². The molecule has 5 heteroatoms. The third kappa shape index (κ3) is 4.60. The Balaban J connectivity index is 1.71. The minimum absolute atomic E-state index is 0.0305. The SMILES string of the molecule is Cc1ccc(C(C)NC(=O)COC2CCNCC2)s1. The molecule has 2 heterocycles. The van der Waals surface area contributed by atoms with Gasteiger partial charge in [0.2, 0.25) is 5.91 Å². The van der Waals surface area contributed by atoms with Gasteiger partial charge >= 0.3 is 0 Å². The molecule has 1 aliphatic rings. The second-order valence-corrected chi connectivity index (χ2v) is 6.32. The summed E-state index contributed by atoms with van der Waals surface area (Å²) >= 11 is 1.72. The summed E-state index contributed by atoms with van der Waals surface area (Å²) in [5.74, 6) is -0.0305. The Kier molecular flexibility index (Phi) is 5.36. The summed E-state index contributed by atoms with van der Waals surface area (Å²) in [6.07, 6.45) is 2.21. The van der Waals surface area contributed by atoms with Gasteiger partial charge in [-0.2, -0.15) is 0 Å². The zero-order chi connectivity index (χ0) is 13.7. The number of aryl methyl sites for hydroxylation is 1. The van der Waals surface area contributed by atoms with E-state index >= 15 is 0 Å². The van der Waals surface area contributed by atoms with Gasteiger partial charge < -0.3 is 15.4 Å². The van der Waals surface area contributed by atoms with Crippen LogP contribution in [0.3, 0.4) is 0 Å². The fourth-order valence-electron chi connectivity index (χ4n) is 2.20. The Labute approximate surface area is 118 Å². The Morgan fingerprint density at radius 2 is 2.26 bits per heavy atom. The maximum atomic E-state index is 11.8. The van der Waals surface area contributed by atoms with Crippen molar-refractivity contribution in [3.63, 3.8) is 0 Å². The lowest BCUT2D eigenvalue weighted by Gasteiger charge is -2.23. The van der Waals surface area contributed by atoms with E-state index in [1.54, 1.807) is 11.3 Å². The van der Waals surface area contributed by atoms with Crippen LogP contribution in [0.4, 0.5) is 0 Å². The number of hydrogen-bond donors (Lipinski definition) is 2. The van der Waals surface area contributed by atoms with Gasteiger partial charge in [0.1, 0.15) is 6.61 Å². The molecule has 1 unspecified atom stereocenters. The number of amides is 1. The van der Waals surface area contributed by atoms with Gasteiger partial charge in [0, 0.05) is 9.75 Å². The van der Waals surface area contributed by atoms with E-state index < -0.39 is 0 Å². The summed E-state index contributed by atoms with van der Waals surface area (Å²) in [5, 5.41) is 6.26. The molecule has 19 heavy (non-hydrogen) atoms. The van der Waals surface area contributed by atoms with Gasteiger partial charge in [-0.3, -0.25) is 4.79 Å². The van der Waals surface area contributed by atoms with Crippen LogP contribution in [0.1, 0.15) is 35.6 Å². The highest BCUT2D eigenvalue weighted by molar-refractivity contribution is 7.12. The fraction of sp³-hybridized carbons (Fsp3) is 0.643. The monoisotopic (exact) mass is 282 g/mol. The highest BCUT2D eigenvalue weighted by atomic mass is 32.1. The van der Waals surface area contributed by atoms with E-state index in [4.69, 9.17) is 4.74 Å². The van der Waals surface area contributed by atoms with Crippen LogP contribution in [0.5, 0.6) is 0 Å². The van der Waals surface area contributed by atoms with Crippen LogP contribution in [0, 0.1) is 6.92 Å². The molecule has 1 fully saturated rings. The zero-order valence-corrected chi connectivity index (χ0v) is 12.4. The third-order valence-corrected chi connectivity index (χ3v) is 4.49. The lowest BCUT2D eigenvalue weighted by Crippen LogP contribution is -2.36. The van der Waals surface area contributed by atoms with Crippen molar-refractivity contribution in [2.24, 2.45) is 0 Å². The van der Waals surface area contributed by atoms with Crippen molar-refractivity contribution in [3.05, 3.63) is 21.9 Å². The van der Waals surface area contributed by atoms with Gasteiger partial charge in [-0.1, -0.05) is 0 Å². The molecule has 1 amide bonds. The van der Waals surface area contributed by atoms with Crippen LogP contribution >= 0.6 is 11.3 Å². The molecule has 0 bridgehead atoms. The van der Waals surface area contributed by atoms with Crippen molar-refractivity contribution in [3.8, 4) is 0 Å². The molecule has 1 saturated heterocycles. The Hall–Kier alpha value is -0.910. The van der Waals surface area contributed by atoms with Crippen molar-refractivity contribution in [2.75, 3.05) is 19.7 Å². The van der Waals surface area contributed by atoms with E-state index in [0.717, 1.165) is 25.9 Å². The predicted molar refractivity (Wildman–Crippen MR) is 77.5 cm³/mol. The third-order valence-electron chi connectivity index (χ3n) is 3.30. The summed E-state index contributed by atoms with van der Waals surface area (Å²) in [6, 6.07) is 4.20. The minimum Gasteiger partial charge on any atom is -0.368 e. The first-order chi connectivity index (χ1) is 9.15. The van der Waals surface area contributed by atoms with E-state index in [9.17, 15) is 4.79 Å². The minimum atomic E-state index is -0.0305. The largest absolute Gasteiger partial charge is 0.368 e. The Bertz CT molecular complexity index is 413. The van der Waals surface area contributed by atoms with E-state index in [0.29, 0.717) is 0 Å². The van der Waals surface area contributed by atoms with Crippen molar-refractivity contribution >= 4 is 17.2 Å². The molecule has 1 atom stereocenters. The highest BCUT2D eigenvalue weighted by Crippen LogP contribution is 2.22. The number of carbonyl (C=O) groups excluding carboxylic acids is 1. The molecule has 0 aliphatic carbocycles. The lowest BCUT2D eigenvalue weighted by molar-refractivity contribution is -0.128. The molecular weight excluding hydrogens is 260 g/mol. The molecule has 0 aromatic carbocycles. The summed E-state index contributed by atoms with van der Waals surface area (Å²) in [6.45, 7) is 6.21. The molecule has 1 aliphatic heterocycles. The van der Waals surface area contributed by atoms with Crippen LogP contribution in [0.15, 0.2) is 12.1 Å². The Morgan fingerprint density at radius 1 is 1.53 bits per heavy atom. The number of nitrogens with one attached hydrogen (secondary N) is 2. The van der Waals surface area contributed by atoms with E-state index in [1.807, 2.05) is 6.92 Å². The molecule has 0 radical (unpaired) electrons. The lowest BCUT2D eigenvalue weighted by atomic mass is 10.1. The first-order valence-electron chi connectivity index (χ1n) is 6.83. The van der Waals surface area contributed by atoms with Gasteiger partial charge in [0.25, 0.3) is 0 Å². The smallest absolute Gasteiger partial charge is 0.246 e. The molecule has 4 nitrogen and oxygen atoms in total. The summed E-state index contributed by atoms with van der Waals surface area (Å²) in [4.78, 5) is 14.3. The van der Waals surface area contributed by atoms with Crippen LogP contribution < -0.4 is 10.6 Å². The first-order valence-corrected chi connectivity index (χ1v) is 7.65. The molecule has 1 aromatic heterocycles. The van der Waals surface area contributed by atoms with Crippen molar-refractivity contribution < 1.29 is 9.53 Å². The number of hydrogen-bond acceptors (Lipinski definition) is 4. The molecular formula is C14H22N2O2S. The molecule has 0 saturated carbocycles. The maximum Gasteiger partial charge on any atom is 0.246 e. The molecule has 2 rings (SSSR count). The first kappa shape index (κ1) is 14.5. The van der Waals surface area contributed by atoms with Gasteiger partial charge in [-0.15, -0.1) is 11.3 Å². The van der Waals surface area contributed by atoms with Gasteiger partial charge in [-0.25, -0.2) is 0 Å². The van der Waals surface area contributed by atoms with Crippen LogP contribution in [0.2, 0.25) is 0 Å². The number of thiophene rings is 1. The molecule has 106 valence electrons. The Morgan fingerprint density at radius 3 is 2.89 bits per heavy atom. The second kappa shape index (κ2) is 7.03. The summed E-state index contributed by atoms with van der Waals surface area (Å²) < 4.78 is 5.64. The highest BCUT2D eigenvalue weighted by Gasteiger charge is 2.16. The van der Waals surface area contributed by atoms with Gasteiger partial charge in [0.05, 0.1) is 12.1 Å². The molecule has 0 spiro atoms. The fourth-order valence-corrected chi connectivity index (χ4v) is 3.08.